The van der Waals surface area contributed by atoms with Crippen molar-refractivity contribution < 1.29 is 4.79 Å². The molecular weight excluding hydrogens is 322 g/mol. The SMILES string of the molecule is C[C@@H](CNC(=O)N(C)Cc1cnn(C)c1)N1CCc2sccc2C1. The molecule has 0 aromatic carbocycles. The van der Waals surface area contributed by atoms with E-state index in [1.165, 1.54) is 10.4 Å². The number of nitrogens with zero attached hydrogens (tertiary/aromatic N) is 4. The topological polar surface area (TPSA) is 53.4 Å². The molecule has 24 heavy (non-hydrogen) atoms. The Labute approximate surface area is 147 Å². The summed E-state index contributed by atoms with van der Waals surface area (Å²) in [5.41, 5.74) is 2.47. The summed E-state index contributed by atoms with van der Waals surface area (Å²) in [6.07, 6.45) is 4.84. The Hall–Kier alpha value is -1.86. The van der Waals surface area contributed by atoms with Crippen LogP contribution in [0.3, 0.4) is 0 Å². The molecule has 0 saturated carbocycles. The monoisotopic (exact) mass is 347 g/mol. The zero-order chi connectivity index (χ0) is 17.1. The molecule has 0 aliphatic carbocycles. The third kappa shape index (κ3) is 3.96. The highest BCUT2D eigenvalue weighted by Crippen LogP contribution is 2.24. The number of aryl methyl sites for hydroxylation is 1. The lowest BCUT2D eigenvalue weighted by molar-refractivity contribution is 0.177. The number of thiophene rings is 1. The van der Waals surface area contributed by atoms with Gasteiger partial charge in [-0.3, -0.25) is 9.58 Å². The third-order valence-electron chi connectivity index (χ3n) is 4.53. The molecule has 1 aliphatic heterocycles. The Bertz CT molecular complexity index is 695. The van der Waals surface area contributed by atoms with Crippen LogP contribution in [0.1, 0.15) is 22.9 Å². The summed E-state index contributed by atoms with van der Waals surface area (Å²) >= 11 is 1.85. The second-order valence-electron chi connectivity index (χ2n) is 6.50. The molecule has 3 rings (SSSR count). The van der Waals surface area contributed by atoms with Crippen LogP contribution >= 0.6 is 11.3 Å². The van der Waals surface area contributed by atoms with E-state index < -0.39 is 0 Å². The average molecular weight is 347 g/mol. The minimum Gasteiger partial charge on any atom is -0.336 e. The maximum Gasteiger partial charge on any atom is 0.317 e. The number of hydrogen-bond acceptors (Lipinski definition) is 4. The van der Waals surface area contributed by atoms with Crippen molar-refractivity contribution in [1.29, 1.82) is 0 Å². The summed E-state index contributed by atoms with van der Waals surface area (Å²) in [6, 6.07) is 2.51. The van der Waals surface area contributed by atoms with E-state index in [2.05, 4.69) is 33.7 Å². The molecule has 130 valence electrons. The van der Waals surface area contributed by atoms with Crippen LogP contribution in [0.4, 0.5) is 4.79 Å². The second-order valence-corrected chi connectivity index (χ2v) is 7.50. The summed E-state index contributed by atoms with van der Waals surface area (Å²) in [6.45, 7) is 5.46. The number of urea groups is 1. The van der Waals surface area contributed by atoms with Crippen LogP contribution in [-0.4, -0.2) is 51.8 Å². The lowest BCUT2D eigenvalue weighted by Gasteiger charge is -2.32. The highest BCUT2D eigenvalue weighted by Gasteiger charge is 2.22. The summed E-state index contributed by atoms with van der Waals surface area (Å²) in [7, 11) is 3.69. The van der Waals surface area contributed by atoms with Gasteiger partial charge in [-0.05, 0) is 30.4 Å². The van der Waals surface area contributed by atoms with Crippen LogP contribution < -0.4 is 5.32 Å². The molecule has 2 aromatic heterocycles. The van der Waals surface area contributed by atoms with Gasteiger partial charge in [0.1, 0.15) is 0 Å². The Morgan fingerprint density at radius 1 is 1.54 bits per heavy atom. The van der Waals surface area contributed by atoms with E-state index in [4.69, 9.17) is 0 Å². The molecule has 0 unspecified atom stereocenters. The van der Waals surface area contributed by atoms with Crippen molar-refractivity contribution in [3.8, 4) is 0 Å². The van der Waals surface area contributed by atoms with Gasteiger partial charge in [0.15, 0.2) is 0 Å². The molecule has 6 nitrogen and oxygen atoms in total. The first-order chi connectivity index (χ1) is 11.5. The van der Waals surface area contributed by atoms with E-state index in [-0.39, 0.29) is 6.03 Å². The number of hydrogen-bond donors (Lipinski definition) is 1. The number of rotatable bonds is 5. The largest absolute Gasteiger partial charge is 0.336 e. The van der Waals surface area contributed by atoms with Crippen molar-refractivity contribution >= 4 is 17.4 Å². The third-order valence-corrected chi connectivity index (χ3v) is 5.56. The highest BCUT2D eigenvalue weighted by atomic mass is 32.1. The van der Waals surface area contributed by atoms with Gasteiger partial charge in [0.2, 0.25) is 0 Å². The summed E-state index contributed by atoms with van der Waals surface area (Å²) < 4.78 is 1.75. The fourth-order valence-corrected chi connectivity index (χ4v) is 3.93. The number of nitrogens with one attached hydrogen (secondary N) is 1. The molecule has 0 fully saturated rings. The van der Waals surface area contributed by atoms with Gasteiger partial charge in [-0.2, -0.15) is 5.10 Å². The Kier molecular flexibility index (Phi) is 5.20. The number of fused-ring (bicyclic) bond motifs is 1. The van der Waals surface area contributed by atoms with E-state index in [9.17, 15) is 4.79 Å². The molecule has 2 amide bonds. The molecular formula is C17H25N5OS. The van der Waals surface area contributed by atoms with E-state index in [1.807, 2.05) is 31.6 Å². The Balaban J connectivity index is 1.45. The normalized spacial score (nSPS) is 15.8. The van der Waals surface area contributed by atoms with Crippen LogP contribution in [-0.2, 0) is 26.6 Å². The average Bonchev–Trinajstić information content (AvgIpc) is 3.20. The molecule has 7 heteroatoms. The van der Waals surface area contributed by atoms with Gasteiger partial charge in [-0.15, -0.1) is 11.3 Å². The number of carbonyl (C=O) groups excluding carboxylic acids is 1. The molecule has 1 atom stereocenters. The van der Waals surface area contributed by atoms with Crippen molar-refractivity contribution in [1.82, 2.24) is 24.9 Å². The van der Waals surface area contributed by atoms with Gasteiger partial charge in [-0.25, -0.2) is 4.79 Å². The maximum absolute atomic E-state index is 12.3. The highest BCUT2D eigenvalue weighted by molar-refractivity contribution is 7.10. The van der Waals surface area contributed by atoms with Gasteiger partial charge < -0.3 is 10.2 Å². The molecule has 0 bridgehead atoms. The fraction of sp³-hybridized carbons (Fsp3) is 0.529. The second kappa shape index (κ2) is 7.36. The first-order valence-corrected chi connectivity index (χ1v) is 9.16. The van der Waals surface area contributed by atoms with Crippen LogP contribution in [0.2, 0.25) is 0 Å². The van der Waals surface area contributed by atoms with Gasteiger partial charge >= 0.3 is 6.03 Å². The summed E-state index contributed by atoms with van der Waals surface area (Å²) in [4.78, 5) is 17.9. The van der Waals surface area contributed by atoms with E-state index in [0.717, 1.165) is 25.1 Å². The first-order valence-electron chi connectivity index (χ1n) is 8.28. The standard InChI is InChI=1S/C17H25N5OS/c1-13(22-6-4-16-15(12-22)5-7-24-16)8-18-17(23)20(2)10-14-9-19-21(3)11-14/h5,7,9,11,13H,4,6,8,10,12H2,1-3H3,(H,18,23)/t13-/m0/s1. The molecule has 1 N–H and O–H groups in total. The number of amides is 2. The van der Waals surface area contributed by atoms with Crippen LogP contribution in [0, 0.1) is 0 Å². The minimum atomic E-state index is -0.0427. The zero-order valence-electron chi connectivity index (χ0n) is 14.5. The van der Waals surface area contributed by atoms with E-state index in [0.29, 0.717) is 19.1 Å². The van der Waals surface area contributed by atoms with E-state index in [1.54, 1.807) is 15.8 Å². The van der Waals surface area contributed by atoms with Crippen molar-refractivity contribution in [2.45, 2.75) is 32.5 Å². The zero-order valence-corrected chi connectivity index (χ0v) is 15.3. The lowest BCUT2D eigenvalue weighted by atomic mass is 10.1. The van der Waals surface area contributed by atoms with Gasteiger partial charge in [-0.1, -0.05) is 0 Å². The van der Waals surface area contributed by atoms with E-state index >= 15 is 0 Å². The summed E-state index contributed by atoms with van der Waals surface area (Å²) in [5, 5.41) is 9.35. The van der Waals surface area contributed by atoms with Crippen LogP contribution in [0.25, 0.3) is 0 Å². The molecule has 3 heterocycles. The van der Waals surface area contributed by atoms with Gasteiger partial charge in [0, 0.05) is 56.4 Å². The predicted molar refractivity (Wildman–Crippen MR) is 96.0 cm³/mol. The Morgan fingerprint density at radius 3 is 3.12 bits per heavy atom. The number of carbonyl (C=O) groups is 1. The van der Waals surface area contributed by atoms with Crippen molar-refractivity contribution in [2.75, 3.05) is 20.1 Å². The Morgan fingerprint density at radius 2 is 2.38 bits per heavy atom. The minimum absolute atomic E-state index is 0.0427. The first kappa shape index (κ1) is 17.0. The molecule has 0 spiro atoms. The van der Waals surface area contributed by atoms with Crippen molar-refractivity contribution in [2.24, 2.45) is 7.05 Å². The fourth-order valence-electron chi connectivity index (χ4n) is 3.04. The smallest absolute Gasteiger partial charge is 0.317 e. The van der Waals surface area contributed by atoms with Crippen molar-refractivity contribution in [3.63, 3.8) is 0 Å². The molecule has 0 saturated heterocycles. The van der Waals surface area contributed by atoms with Gasteiger partial charge in [0.05, 0.1) is 12.7 Å². The van der Waals surface area contributed by atoms with Crippen LogP contribution in [0.15, 0.2) is 23.8 Å². The summed E-state index contributed by atoms with van der Waals surface area (Å²) in [5.74, 6) is 0. The van der Waals surface area contributed by atoms with Crippen LogP contribution in [0.5, 0.6) is 0 Å². The lowest BCUT2D eigenvalue weighted by Crippen LogP contribution is -2.46. The molecule has 0 radical (unpaired) electrons. The van der Waals surface area contributed by atoms with Gasteiger partial charge in [0.25, 0.3) is 0 Å². The number of aromatic nitrogens is 2. The predicted octanol–water partition coefficient (Wildman–Crippen LogP) is 2.07. The molecule has 2 aromatic rings. The van der Waals surface area contributed by atoms with Crippen molar-refractivity contribution in [3.05, 3.63) is 39.8 Å². The maximum atomic E-state index is 12.3. The molecule has 1 aliphatic rings. The quantitative estimate of drug-likeness (QED) is 0.901.